The zero-order valence-corrected chi connectivity index (χ0v) is 14.8. The summed E-state index contributed by atoms with van der Waals surface area (Å²) >= 11 is 0. The monoisotopic (exact) mass is 314 g/mol. The van der Waals surface area contributed by atoms with Crippen molar-refractivity contribution < 1.29 is 19.5 Å². The maximum absolute atomic E-state index is 12.1. The molecule has 0 aliphatic carbocycles. The lowest BCUT2D eigenvalue weighted by molar-refractivity contribution is -0.176. The molecule has 22 heavy (non-hydrogen) atoms. The van der Waals surface area contributed by atoms with Crippen molar-refractivity contribution in [3.05, 3.63) is 11.8 Å². The molecule has 0 fully saturated rings. The summed E-state index contributed by atoms with van der Waals surface area (Å²) in [6.07, 6.45) is 2.39. The molecular weight excluding hydrogens is 284 g/mol. The molecule has 6 nitrogen and oxygen atoms in total. The van der Waals surface area contributed by atoms with Gasteiger partial charge in [-0.3, -0.25) is 10.3 Å². The van der Waals surface area contributed by atoms with Crippen LogP contribution >= 0.6 is 0 Å². The Balaban J connectivity index is 2.58. The number of nitrogens with one attached hydrogen (secondary N) is 1. The van der Waals surface area contributed by atoms with E-state index in [4.69, 9.17) is 9.57 Å². The molecule has 0 aromatic heterocycles. The molecule has 1 amide bonds. The van der Waals surface area contributed by atoms with Crippen LogP contribution in [0.2, 0.25) is 0 Å². The highest BCUT2D eigenvalue weighted by Crippen LogP contribution is 2.24. The van der Waals surface area contributed by atoms with Crippen molar-refractivity contribution in [2.24, 2.45) is 0 Å². The Hall–Kier alpha value is -1.27. The number of ether oxygens (including phenoxy) is 1. The van der Waals surface area contributed by atoms with E-state index in [-0.39, 0.29) is 6.09 Å². The fourth-order valence-electron chi connectivity index (χ4n) is 1.62. The molecule has 6 heteroatoms. The summed E-state index contributed by atoms with van der Waals surface area (Å²) < 4.78 is 5.38. The molecule has 128 valence electrons. The predicted molar refractivity (Wildman–Crippen MR) is 85.1 cm³/mol. The summed E-state index contributed by atoms with van der Waals surface area (Å²) in [5.74, 6) is 0. The molecule has 0 saturated carbocycles. The maximum Gasteiger partial charge on any atom is 0.410 e. The number of hydrogen-bond donors (Lipinski definition) is 2. The van der Waals surface area contributed by atoms with Gasteiger partial charge in [0.15, 0.2) is 0 Å². The molecular formula is C16H30N2O4. The number of rotatable bonds is 4. The second-order valence-corrected chi connectivity index (χ2v) is 7.69. The van der Waals surface area contributed by atoms with E-state index in [0.717, 1.165) is 12.1 Å². The van der Waals surface area contributed by atoms with Crippen LogP contribution in [-0.2, 0) is 9.57 Å². The Morgan fingerprint density at radius 1 is 1.23 bits per heavy atom. The fourth-order valence-corrected chi connectivity index (χ4v) is 1.62. The maximum atomic E-state index is 12.1. The van der Waals surface area contributed by atoms with Gasteiger partial charge in [0.25, 0.3) is 0 Å². The van der Waals surface area contributed by atoms with E-state index in [0.29, 0.717) is 13.1 Å². The topological polar surface area (TPSA) is 71.0 Å². The van der Waals surface area contributed by atoms with Crippen LogP contribution < -0.4 is 5.48 Å². The molecule has 0 aromatic carbocycles. The first-order valence-corrected chi connectivity index (χ1v) is 7.65. The first kappa shape index (κ1) is 18.8. The van der Waals surface area contributed by atoms with Crippen molar-refractivity contribution in [2.45, 2.75) is 71.7 Å². The quantitative estimate of drug-likeness (QED) is 0.781. The van der Waals surface area contributed by atoms with Gasteiger partial charge in [-0.2, -0.15) is 0 Å². The van der Waals surface area contributed by atoms with E-state index in [1.54, 1.807) is 32.6 Å². The van der Waals surface area contributed by atoms with E-state index >= 15 is 0 Å². The summed E-state index contributed by atoms with van der Waals surface area (Å²) in [5, 5.41) is 10.1. The third-order valence-electron chi connectivity index (χ3n) is 3.71. The molecule has 0 bridgehead atoms. The van der Waals surface area contributed by atoms with Crippen LogP contribution in [0.15, 0.2) is 11.8 Å². The Morgan fingerprint density at radius 2 is 1.82 bits per heavy atom. The highest BCUT2D eigenvalue weighted by Gasteiger charge is 2.37. The summed E-state index contributed by atoms with van der Waals surface area (Å²) in [7, 11) is 0. The molecule has 0 atom stereocenters. The van der Waals surface area contributed by atoms with Crippen LogP contribution in [-0.4, -0.2) is 46.0 Å². The molecule has 1 rings (SSSR count). The number of hydrogen-bond acceptors (Lipinski definition) is 5. The zero-order chi connectivity index (χ0) is 17.2. The highest BCUT2D eigenvalue weighted by molar-refractivity contribution is 5.68. The Labute approximate surface area is 133 Å². The van der Waals surface area contributed by atoms with Crippen LogP contribution in [0.1, 0.15) is 54.9 Å². The third kappa shape index (κ3) is 5.50. The molecule has 0 unspecified atom stereocenters. The lowest BCUT2D eigenvalue weighted by Gasteiger charge is -2.37. The van der Waals surface area contributed by atoms with Crippen molar-refractivity contribution in [3.63, 3.8) is 0 Å². The van der Waals surface area contributed by atoms with Crippen molar-refractivity contribution in [1.29, 1.82) is 0 Å². The average molecular weight is 314 g/mol. The normalized spacial score (nSPS) is 17.1. The molecule has 0 spiro atoms. The van der Waals surface area contributed by atoms with Crippen LogP contribution in [0.25, 0.3) is 0 Å². The van der Waals surface area contributed by atoms with Crippen molar-refractivity contribution in [2.75, 3.05) is 13.1 Å². The second-order valence-electron chi connectivity index (χ2n) is 7.69. The predicted octanol–water partition coefficient (Wildman–Crippen LogP) is 2.58. The molecule has 0 saturated heterocycles. The lowest BCUT2D eigenvalue weighted by atomic mass is 9.90. The van der Waals surface area contributed by atoms with Crippen LogP contribution in [0.4, 0.5) is 4.79 Å². The third-order valence-corrected chi connectivity index (χ3v) is 3.71. The SMILES string of the molecule is CC(C)(C)OC(=O)N1CCC=C(NOC(C)(C)C(C)(C)O)C1. The first-order valence-electron chi connectivity index (χ1n) is 7.65. The first-order chi connectivity index (χ1) is 9.82. The molecule has 1 aliphatic rings. The molecule has 1 aliphatic heterocycles. The van der Waals surface area contributed by atoms with Gasteiger partial charge >= 0.3 is 6.09 Å². The number of nitrogens with zero attached hydrogens (tertiary/aromatic N) is 1. The Morgan fingerprint density at radius 3 is 2.32 bits per heavy atom. The Kier molecular flexibility index (Phi) is 5.51. The van der Waals surface area contributed by atoms with Gasteiger partial charge in [-0.15, -0.1) is 0 Å². The second kappa shape index (κ2) is 6.46. The number of carbonyl (C=O) groups excluding carboxylic acids is 1. The number of hydroxylamine groups is 1. The van der Waals surface area contributed by atoms with E-state index < -0.39 is 16.8 Å². The standard InChI is InChI=1S/C16H30N2O4/c1-14(2,3)21-13(19)18-10-8-9-12(11-18)17-22-16(6,7)15(4,5)20/h9,17,20H,8,10-11H2,1-7H3. The number of aliphatic hydroxyl groups is 1. The largest absolute Gasteiger partial charge is 0.444 e. The van der Waals surface area contributed by atoms with E-state index in [2.05, 4.69) is 5.48 Å². The van der Waals surface area contributed by atoms with E-state index in [1.165, 1.54) is 0 Å². The van der Waals surface area contributed by atoms with Gasteiger partial charge in [-0.25, -0.2) is 4.79 Å². The van der Waals surface area contributed by atoms with Crippen molar-refractivity contribution >= 4 is 6.09 Å². The van der Waals surface area contributed by atoms with Crippen molar-refractivity contribution in [3.8, 4) is 0 Å². The van der Waals surface area contributed by atoms with Gasteiger partial charge in [0.05, 0.1) is 17.8 Å². The van der Waals surface area contributed by atoms with Crippen LogP contribution in [0.5, 0.6) is 0 Å². The zero-order valence-electron chi connectivity index (χ0n) is 14.8. The van der Waals surface area contributed by atoms with Crippen molar-refractivity contribution in [1.82, 2.24) is 10.4 Å². The lowest BCUT2D eigenvalue weighted by Crippen LogP contribution is -2.51. The average Bonchev–Trinajstić information content (AvgIpc) is 2.33. The Bertz CT molecular complexity index is 430. The molecule has 2 N–H and O–H groups in total. The molecule has 0 radical (unpaired) electrons. The number of amides is 1. The minimum Gasteiger partial charge on any atom is -0.444 e. The number of carbonyl (C=O) groups is 1. The fraction of sp³-hybridized carbons (Fsp3) is 0.812. The smallest absolute Gasteiger partial charge is 0.410 e. The van der Waals surface area contributed by atoms with Gasteiger partial charge in [0, 0.05) is 6.54 Å². The summed E-state index contributed by atoms with van der Waals surface area (Å²) in [4.78, 5) is 19.3. The minimum absolute atomic E-state index is 0.332. The van der Waals surface area contributed by atoms with Crippen LogP contribution in [0.3, 0.4) is 0 Å². The van der Waals surface area contributed by atoms with Gasteiger partial charge < -0.3 is 14.7 Å². The van der Waals surface area contributed by atoms with Gasteiger partial charge in [-0.05, 0) is 54.9 Å². The van der Waals surface area contributed by atoms with Gasteiger partial charge in [-0.1, -0.05) is 6.08 Å². The minimum atomic E-state index is -1.000. The van der Waals surface area contributed by atoms with E-state index in [9.17, 15) is 9.90 Å². The summed E-state index contributed by atoms with van der Waals surface area (Å²) in [6.45, 7) is 13.5. The van der Waals surface area contributed by atoms with Gasteiger partial charge in [0.2, 0.25) is 0 Å². The summed E-state index contributed by atoms with van der Waals surface area (Å²) in [5.41, 5.74) is 1.37. The highest BCUT2D eigenvalue weighted by atomic mass is 16.7. The van der Waals surface area contributed by atoms with E-state index in [1.807, 2.05) is 26.8 Å². The molecule has 1 heterocycles. The van der Waals surface area contributed by atoms with Crippen LogP contribution in [0, 0.1) is 0 Å². The molecule has 0 aromatic rings. The summed E-state index contributed by atoms with van der Waals surface area (Å²) in [6, 6.07) is 0. The van der Waals surface area contributed by atoms with Gasteiger partial charge in [0.1, 0.15) is 11.2 Å².